The second-order valence-corrected chi connectivity index (χ2v) is 7.68. The fraction of sp³-hybridized carbons (Fsp3) is 0.0769. The SMILES string of the molecule is CCc1ccc(Oc2nc3ccccn3c(=O)c2/C=C(/C#N)C(=O)Nc2ccccc2Cl)cc1. The fourth-order valence-corrected chi connectivity index (χ4v) is 3.42. The number of aryl methyl sites for hydroxylation is 1. The van der Waals surface area contributed by atoms with Gasteiger partial charge in [0, 0.05) is 6.20 Å². The highest BCUT2D eigenvalue weighted by molar-refractivity contribution is 6.34. The van der Waals surface area contributed by atoms with Gasteiger partial charge in [0.05, 0.1) is 10.7 Å². The largest absolute Gasteiger partial charge is 0.438 e. The fourth-order valence-electron chi connectivity index (χ4n) is 3.23. The van der Waals surface area contributed by atoms with E-state index in [0.717, 1.165) is 12.0 Å². The van der Waals surface area contributed by atoms with Crippen LogP contribution < -0.4 is 15.6 Å². The zero-order valence-corrected chi connectivity index (χ0v) is 18.9. The summed E-state index contributed by atoms with van der Waals surface area (Å²) in [5.74, 6) is -0.261. The van der Waals surface area contributed by atoms with E-state index in [1.165, 1.54) is 10.5 Å². The van der Waals surface area contributed by atoms with Gasteiger partial charge in [0.2, 0.25) is 5.88 Å². The number of pyridine rings is 1. The third kappa shape index (κ3) is 4.82. The molecule has 7 nitrogen and oxygen atoms in total. The van der Waals surface area contributed by atoms with Gasteiger partial charge in [-0.2, -0.15) is 10.2 Å². The number of nitriles is 1. The van der Waals surface area contributed by atoms with E-state index >= 15 is 0 Å². The van der Waals surface area contributed by atoms with Gasteiger partial charge >= 0.3 is 0 Å². The lowest BCUT2D eigenvalue weighted by atomic mass is 10.1. The Morgan fingerprint density at radius 1 is 1.15 bits per heavy atom. The summed E-state index contributed by atoms with van der Waals surface area (Å²) < 4.78 is 7.25. The first-order valence-electron chi connectivity index (χ1n) is 10.5. The standard InChI is InChI=1S/C26H19ClN4O3/c1-2-17-10-12-19(13-11-17)34-25-20(26(33)31-14-6-5-9-23(31)30-25)15-18(16-28)24(32)29-22-8-4-3-7-21(22)27/h3-15H,2H2,1H3,(H,29,32)/b18-15-. The molecule has 0 unspecified atom stereocenters. The van der Waals surface area contributed by atoms with E-state index in [2.05, 4.69) is 10.3 Å². The molecule has 0 aliphatic heterocycles. The van der Waals surface area contributed by atoms with E-state index in [1.54, 1.807) is 60.8 Å². The summed E-state index contributed by atoms with van der Waals surface area (Å²) in [4.78, 5) is 30.5. The van der Waals surface area contributed by atoms with Crippen molar-refractivity contribution in [2.75, 3.05) is 5.32 Å². The van der Waals surface area contributed by atoms with Gasteiger partial charge in [-0.3, -0.25) is 14.0 Å². The lowest BCUT2D eigenvalue weighted by Gasteiger charge is -2.11. The zero-order chi connectivity index (χ0) is 24.1. The molecule has 4 aromatic rings. The van der Waals surface area contributed by atoms with Crippen LogP contribution in [0.5, 0.6) is 11.6 Å². The van der Waals surface area contributed by atoms with Crippen molar-refractivity contribution in [3.63, 3.8) is 0 Å². The lowest BCUT2D eigenvalue weighted by Crippen LogP contribution is -2.20. The molecule has 0 aliphatic carbocycles. The Labute approximate surface area is 200 Å². The minimum atomic E-state index is -0.716. The Morgan fingerprint density at radius 3 is 2.59 bits per heavy atom. The van der Waals surface area contributed by atoms with Crippen LogP contribution in [0.2, 0.25) is 5.02 Å². The number of ether oxygens (including phenoxy) is 1. The van der Waals surface area contributed by atoms with Crippen molar-refractivity contribution in [1.29, 1.82) is 5.26 Å². The number of rotatable bonds is 6. The Kier molecular flexibility index (Phi) is 6.72. The molecule has 0 fully saturated rings. The minimum absolute atomic E-state index is 0.0151. The molecule has 34 heavy (non-hydrogen) atoms. The van der Waals surface area contributed by atoms with Crippen molar-refractivity contribution < 1.29 is 9.53 Å². The van der Waals surface area contributed by atoms with Crippen molar-refractivity contribution in [1.82, 2.24) is 9.38 Å². The zero-order valence-electron chi connectivity index (χ0n) is 18.2. The third-order valence-corrected chi connectivity index (χ3v) is 5.39. The number of aromatic nitrogens is 2. The van der Waals surface area contributed by atoms with Crippen LogP contribution in [0.1, 0.15) is 18.1 Å². The molecule has 0 aliphatic rings. The van der Waals surface area contributed by atoms with Crippen molar-refractivity contribution in [2.24, 2.45) is 0 Å². The van der Waals surface area contributed by atoms with E-state index in [-0.39, 0.29) is 17.0 Å². The van der Waals surface area contributed by atoms with Crippen molar-refractivity contribution in [2.45, 2.75) is 13.3 Å². The maximum absolute atomic E-state index is 13.3. The molecule has 0 radical (unpaired) electrons. The molecule has 0 spiro atoms. The molecule has 0 bridgehead atoms. The molecule has 4 rings (SSSR count). The quantitative estimate of drug-likeness (QED) is 0.306. The molecular weight excluding hydrogens is 452 g/mol. The molecule has 8 heteroatoms. The molecule has 0 saturated carbocycles. The van der Waals surface area contributed by atoms with Gasteiger partial charge in [0.15, 0.2) is 0 Å². The highest BCUT2D eigenvalue weighted by atomic mass is 35.5. The topological polar surface area (TPSA) is 96.5 Å². The van der Waals surface area contributed by atoms with Crippen molar-refractivity contribution in [3.05, 3.63) is 105 Å². The van der Waals surface area contributed by atoms with E-state index in [1.807, 2.05) is 25.1 Å². The van der Waals surface area contributed by atoms with E-state index in [9.17, 15) is 14.9 Å². The number of amides is 1. The van der Waals surface area contributed by atoms with Crippen LogP contribution in [-0.4, -0.2) is 15.3 Å². The van der Waals surface area contributed by atoms with Crippen molar-refractivity contribution in [3.8, 4) is 17.7 Å². The van der Waals surface area contributed by atoms with Gasteiger partial charge in [-0.25, -0.2) is 0 Å². The van der Waals surface area contributed by atoms with Crippen LogP contribution >= 0.6 is 11.6 Å². The monoisotopic (exact) mass is 470 g/mol. The number of halogens is 1. The van der Waals surface area contributed by atoms with Crippen LogP contribution in [0.15, 0.2) is 83.3 Å². The van der Waals surface area contributed by atoms with E-state index in [0.29, 0.717) is 22.1 Å². The summed E-state index contributed by atoms with van der Waals surface area (Å²) in [6.07, 6.45) is 3.60. The Bertz CT molecular complexity index is 1500. The average molecular weight is 471 g/mol. The van der Waals surface area contributed by atoms with Gasteiger partial charge in [-0.1, -0.05) is 48.9 Å². The van der Waals surface area contributed by atoms with Gasteiger partial charge in [-0.05, 0) is 54.5 Å². The molecule has 2 aromatic heterocycles. The first-order valence-corrected chi connectivity index (χ1v) is 10.8. The molecule has 1 amide bonds. The number of benzene rings is 2. The predicted molar refractivity (Wildman–Crippen MR) is 131 cm³/mol. The number of fused-ring (bicyclic) bond motifs is 1. The number of nitrogens with zero attached hydrogens (tertiary/aromatic N) is 3. The molecule has 2 heterocycles. The Morgan fingerprint density at radius 2 is 1.88 bits per heavy atom. The number of nitrogens with one attached hydrogen (secondary N) is 1. The summed E-state index contributed by atoms with van der Waals surface area (Å²) in [5.41, 5.74) is 1.01. The number of para-hydroxylation sites is 1. The molecular formula is C26H19ClN4O3. The van der Waals surface area contributed by atoms with Crippen molar-refractivity contribution >= 4 is 34.9 Å². The van der Waals surface area contributed by atoms with Gasteiger partial charge in [0.1, 0.15) is 28.6 Å². The lowest BCUT2D eigenvalue weighted by molar-refractivity contribution is -0.112. The Balaban J connectivity index is 1.79. The number of carbonyl (C=O) groups excluding carboxylic acids is 1. The van der Waals surface area contributed by atoms with E-state index in [4.69, 9.17) is 16.3 Å². The van der Waals surface area contributed by atoms with E-state index < -0.39 is 11.5 Å². The second kappa shape index (κ2) is 10.0. The summed E-state index contributed by atoms with van der Waals surface area (Å²) in [6, 6.07) is 21.0. The first-order chi connectivity index (χ1) is 16.5. The molecule has 1 N–H and O–H groups in total. The third-order valence-electron chi connectivity index (χ3n) is 5.06. The average Bonchev–Trinajstić information content (AvgIpc) is 2.86. The van der Waals surface area contributed by atoms with Crippen LogP contribution in [0.4, 0.5) is 5.69 Å². The minimum Gasteiger partial charge on any atom is -0.438 e. The van der Waals surface area contributed by atoms with Gasteiger partial charge in [-0.15, -0.1) is 0 Å². The van der Waals surface area contributed by atoms with Crippen LogP contribution in [0.25, 0.3) is 11.7 Å². The number of hydrogen-bond acceptors (Lipinski definition) is 5. The second-order valence-electron chi connectivity index (χ2n) is 7.27. The van der Waals surface area contributed by atoms with Crippen LogP contribution in [-0.2, 0) is 11.2 Å². The maximum Gasteiger partial charge on any atom is 0.269 e. The maximum atomic E-state index is 13.3. The smallest absolute Gasteiger partial charge is 0.269 e. The molecule has 2 aromatic carbocycles. The van der Waals surface area contributed by atoms with Gasteiger partial charge < -0.3 is 10.1 Å². The number of anilines is 1. The predicted octanol–water partition coefficient (Wildman–Crippen LogP) is 5.25. The highest BCUT2D eigenvalue weighted by Gasteiger charge is 2.18. The van der Waals surface area contributed by atoms with Gasteiger partial charge in [0.25, 0.3) is 11.5 Å². The summed E-state index contributed by atoms with van der Waals surface area (Å²) in [5, 5.41) is 12.6. The van der Waals surface area contributed by atoms with Crippen LogP contribution in [0, 0.1) is 11.3 Å². The normalized spacial score (nSPS) is 11.1. The molecule has 0 saturated heterocycles. The van der Waals surface area contributed by atoms with Crippen LogP contribution in [0.3, 0.4) is 0 Å². The molecule has 0 atom stereocenters. The number of hydrogen-bond donors (Lipinski definition) is 1. The number of carbonyl (C=O) groups is 1. The highest BCUT2D eigenvalue weighted by Crippen LogP contribution is 2.25. The Hall–Kier alpha value is -4.41. The molecule has 168 valence electrons. The summed E-state index contributed by atoms with van der Waals surface area (Å²) in [6.45, 7) is 2.04. The summed E-state index contributed by atoms with van der Waals surface area (Å²) >= 11 is 6.10. The summed E-state index contributed by atoms with van der Waals surface area (Å²) in [7, 11) is 0. The first kappa shape index (κ1) is 22.8.